The highest BCUT2D eigenvalue weighted by molar-refractivity contribution is 6.01. The van der Waals surface area contributed by atoms with Crippen molar-refractivity contribution in [1.82, 2.24) is 10.6 Å². The van der Waals surface area contributed by atoms with Gasteiger partial charge in [0.25, 0.3) is 0 Å². The number of benzene rings is 2. The van der Waals surface area contributed by atoms with E-state index in [4.69, 9.17) is 10.5 Å². The van der Waals surface area contributed by atoms with Crippen molar-refractivity contribution in [2.75, 3.05) is 25.9 Å². The molecule has 8 fully saturated rings. The van der Waals surface area contributed by atoms with Crippen LogP contribution in [0.2, 0.25) is 0 Å². The van der Waals surface area contributed by atoms with Crippen LogP contribution < -0.4 is 16.4 Å². The molecule has 78 heavy (non-hydrogen) atoms. The van der Waals surface area contributed by atoms with Gasteiger partial charge in [0.2, 0.25) is 0 Å². The number of hydrogen-bond donors (Lipinski definition) is 7. The largest absolute Gasteiger partial charge is 0.508 e. The standard InChI is InChI=1S/C68H99N3O7/c1-38(2)25-39-26-43(30-46(69)28-39)48-15-12-16-51(48)67(7)62(78-67)59(75)49-20-18-42-14-11-13-41-17-19-45(36-72)68-33-53-60-64(4,24-10-9-23-63(3,77)37-71-53)61(76)50(44-27-40(35-70-8)29-47(73)31-44)32-65(60,5)55(68)22-21-52-58(57(49)56(41)42)54(74)34-66(52,68)6/h26-31,38,41-42,45,48-51,53,55-57,59-60,62,70-73,75,77H,9-25,32-37,69H2,1-8H3/t41-,42-,45+,48+,49+,50+,51-,53-,55+,56+,57-,59+,60-,62+,63+,64+,65-,66-,67+,68+/m0/s1. The first-order valence-electron chi connectivity index (χ1n) is 31.7. The monoisotopic (exact) mass is 1070 g/mol. The maximum absolute atomic E-state index is 16.1. The summed E-state index contributed by atoms with van der Waals surface area (Å²) < 4.78 is 7.02. The predicted octanol–water partition coefficient (Wildman–Crippen LogP) is 11.5. The van der Waals surface area contributed by atoms with Crippen LogP contribution in [0.4, 0.5) is 5.69 Å². The first-order valence-corrected chi connectivity index (χ1v) is 31.7. The van der Waals surface area contributed by atoms with Crippen molar-refractivity contribution in [3.05, 3.63) is 69.8 Å². The van der Waals surface area contributed by atoms with Gasteiger partial charge < -0.3 is 41.5 Å². The van der Waals surface area contributed by atoms with Crippen molar-refractivity contribution in [2.45, 2.75) is 225 Å². The third kappa shape index (κ3) is 8.63. The number of ether oxygens (including phenoxy) is 1. The fourth-order valence-electron chi connectivity index (χ4n) is 22.4. The molecule has 0 amide bonds. The zero-order valence-corrected chi connectivity index (χ0v) is 49.0. The molecule has 0 aromatic heterocycles. The van der Waals surface area contributed by atoms with E-state index >= 15 is 9.59 Å². The van der Waals surface area contributed by atoms with E-state index in [0.717, 1.165) is 119 Å². The molecule has 2 heterocycles. The second-order valence-electron chi connectivity index (χ2n) is 30.1. The van der Waals surface area contributed by atoms with E-state index in [9.17, 15) is 20.4 Å². The minimum absolute atomic E-state index is 0.0390. The lowest BCUT2D eigenvalue weighted by Crippen LogP contribution is -2.73. The third-order valence-electron chi connectivity index (χ3n) is 25.2. The van der Waals surface area contributed by atoms with Gasteiger partial charge in [-0.15, -0.1) is 0 Å². The molecular formula is C68H99N3O7. The summed E-state index contributed by atoms with van der Waals surface area (Å²) in [5, 5.41) is 56.4. The lowest BCUT2D eigenvalue weighted by atomic mass is 9.31. The van der Waals surface area contributed by atoms with E-state index in [1.807, 2.05) is 26.1 Å². The lowest BCUT2D eigenvalue weighted by Gasteiger charge is -2.73. The van der Waals surface area contributed by atoms with Crippen molar-refractivity contribution in [2.24, 2.45) is 80.8 Å². The normalized spacial score (nSPS) is 45.6. The summed E-state index contributed by atoms with van der Waals surface area (Å²) in [6.45, 7) is 17.1. The number of anilines is 1. The first kappa shape index (κ1) is 55.4. The number of aliphatic hydroxyl groups is 3. The fraction of sp³-hybridized carbons (Fsp3) is 0.765. The maximum Gasteiger partial charge on any atom is 0.160 e. The zero-order valence-electron chi connectivity index (χ0n) is 49.0. The molecule has 2 aliphatic heterocycles. The maximum atomic E-state index is 16.1. The molecule has 2 saturated heterocycles. The highest BCUT2D eigenvalue weighted by Crippen LogP contribution is 2.79. The van der Waals surface area contributed by atoms with Gasteiger partial charge in [-0.3, -0.25) is 9.59 Å². The smallest absolute Gasteiger partial charge is 0.160 e. The van der Waals surface area contributed by atoms with Gasteiger partial charge in [0.05, 0.1) is 17.3 Å². The van der Waals surface area contributed by atoms with Crippen LogP contribution in [0.25, 0.3) is 0 Å². The van der Waals surface area contributed by atoms with Gasteiger partial charge in [-0.1, -0.05) is 90.8 Å². The van der Waals surface area contributed by atoms with Gasteiger partial charge in [0, 0.05) is 54.6 Å². The minimum Gasteiger partial charge on any atom is -0.508 e. The number of fused-ring (bicyclic) bond motifs is 2. The SMILES string of the molecule is CNCc1cc(O)cc([C@H]2C[C@@]3(C)[C@H]4CCC5=C6C(=O)C[C@]5(C)[C@]4(C[C@@H]4NC[C@](C)(O)CCCC[C@@](C)(C2=O)[C@H]43)[C@@H](CO)CC[C@@H]2CCC[C@H]3CC[C@@H]([C@@H](O)[C@H]4O[C@]4(C)[C@H]4CCC[C@@H]4c4cc(N)cc(CC(C)C)c4)[C@H]6[C@@H]32)c1. The van der Waals surface area contributed by atoms with E-state index in [2.05, 4.69) is 76.4 Å². The molecule has 1 spiro atoms. The summed E-state index contributed by atoms with van der Waals surface area (Å²) in [5.74, 6) is 2.49. The number of epoxide rings is 1. The van der Waals surface area contributed by atoms with Crippen LogP contribution in [0.5, 0.6) is 5.75 Å². The first-order chi connectivity index (χ1) is 37.1. The van der Waals surface area contributed by atoms with Gasteiger partial charge in [0.1, 0.15) is 17.6 Å². The second-order valence-corrected chi connectivity index (χ2v) is 30.1. The van der Waals surface area contributed by atoms with Crippen LogP contribution in [0.3, 0.4) is 0 Å². The predicted molar refractivity (Wildman–Crippen MR) is 307 cm³/mol. The van der Waals surface area contributed by atoms with Crippen LogP contribution in [0, 0.1) is 80.8 Å². The Morgan fingerprint density at radius 2 is 1.56 bits per heavy atom. The number of hydrogen-bond acceptors (Lipinski definition) is 10. The van der Waals surface area contributed by atoms with E-state index in [-0.39, 0.29) is 71.6 Å². The molecule has 6 saturated carbocycles. The molecule has 428 valence electrons. The molecular weight excluding hydrogens is 971 g/mol. The van der Waals surface area contributed by atoms with Gasteiger partial charge in [-0.25, -0.2) is 0 Å². The number of aliphatic hydroxyl groups excluding tert-OH is 2. The third-order valence-corrected chi connectivity index (χ3v) is 25.2. The number of aromatic hydroxyl groups is 1. The average molecular weight is 1070 g/mol. The topological polar surface area (TPSA) is 178 Å². The van der Waals surface area contributed by atoms with E-state index in [1.54, 1.807) is 0 Å². The number of rotatable bonds is 10. The van der Waals surface area contributed by atoms with Crippen molar-refractivity contribution < 1.29 is 34.8 Å². The zero-order chi connectivity index (χ0) is 55.1. The number of carbonyl (C=O) groups excluding carboxylic acids is 2. The molecule has 12 rings (SSSR count). The number of phenolic OH excluding ortho intramolecular Hbond substituents is 1. The van der Waals surface area contributed by atoms with E-state index < -0.39 is 44.9 Å². The molecule has 8 N–H and O–H groups in total. The quantitative estimate of drug-likeness (QED) is 0.0895. The van der Waals surface area contributed by atoms with Crippen molar-refractivity contribution in [3.8, 4) is 5.75 Å². The van der Waals surface area contributed by atoms with Crippen LogP contribution >= 0.6 is 0 Å². The van der Waals surface area contributed by atoms with Gasteiger partial charge >= 0.3 is 0 Å². The molecule has 0 radical (unpaired) electrons. The van der Waals surface area contributed by atoms with Crippen molar-refractivity contribution in [1.29, 1.82) is 0 Å². The number of β-amino-alcohol motifs (C(OH)–C–C–N with tert-alkyl or cyclic N) is 1. The Labute approximate surface area is 467 Å². The van der Waals surface area contributed by atoms with E-state index in [1.165, 1.54) is 29.5 Å². The van der Waals surface area contributed by atoms with Crippen LogP contribution in [-0.4, -0.2) is 81.6 Å². The Morgan fingerprint density at radius 3 is 2.31 bits per heavy atom. The number of nitrogen functional groups attached to an aromatic ring is 1. The molecule has 10 heteroatoms. The number of nitrogens with two attached hydrogens (primary N) is 1. The Bertz CT molecular complexity index is 2680. The second kappa shape index (κ2) is 20.1. The Hall–Kier alpha value is -3.12. The van der Waals surface area contributed by atoms with E-state index in [0.29, 0.717) is 61.9 Å². The summed E-state index contributed by atoms with van der Waals surface area (Å²) in [6.07, 6.45) is 17.1. The molecule has 0 unspecified atom stereocenters. The van der Waals surface area contributed by atoms with Crippen molar-refractivity contribution in [3.63, 3.8) is 0 Å². The van der Waals surface area contributed by atoms with Crippen molar-refractivity contribution >= 4 is 17.3 Å². The number of allylic oxidation sites excluding steroid dienone is 2. The Morgan fingerprint density at radius 1 is 0.833 bits per heavy atom. The van der Waals surface area contributed by atoms with Crippen LogP contribution in [0.15, 0.2) is 47.5 Å². The molecule has 2 aromatic rings. The average Bonchev–Trinajstić information content (AvgIpc) is 3.56. The van der Waals surface area contributed by atoms with Gasteiger partial charge in [-0.05, 0) is 232 Å². The van der Waals surface area contributed by atoms with Crippen LogP contribution in [-0.2, 0) is 27.3 Å². The van der Waals surface area contributed by atoms with Crippen LogP contribution in [0.1, 0.15) is 205 Å². The summed E-state index contributed by atoms with van der Waals surface area (Å²) >= 11 is 0. The number of carbonyl (C=O) groups is 2. The number of ketones is 2. The highest BCUT2D eigenvalue weighted by atomic mass is 16.6. The summed E-state index contributed by atoms with van der Waals surface area (Å²) in [5.41, 5.74) is 10.8. The Kier molecular flexibility index (Phi) is 14.2. The molecule has 4 bridgehead atoms. The summed E-state index contributed by atoms with van der Waals surface area (Å²) in [7, 11) is 1.91. The Balaban J connectivity index is 0.970. The molecule has 8 aliphatic carbocycles. The molecule has 10 nitrogen and oxygen atoms in total. The minimum atomic E-state index is -0.925. The highest BCUT2D eigenvalue weighted by Gasteiger charge is 2.76. The fourth-order valence-corrected chi connectivity index (χ4v) is 22.4. The lowest BCUT2D eigenvalue weighted by molar-refractivity contribution is -0.226. The number of nitrogens with one attached hydrogen (secondary N) is 2. The number of Topliss-reactive ketones (excluding diaryl/α,β-unsaturated/α-hetero) is 2. The van der Waals surface area contributed by atoms with Gasteiger partial charge in [0.15, 0.2) is 5.78 Å². The van der Waals surface area contributed by atoms with Gasteiger partial charge in [-0.2, -0.15) is 0 Å². The molecule has 10 aliphatic rings. The summed E-state index contributed by atoms with van der Waals surface area (Å²) in [6, 6.07) is 12.4. The molecule has 20 atom stereocenters. The summed E-state index contributed by atoms with van der Waals surface area (Å²) in [4.78, 5) is 32.0. The molecule has 2 aromatic carbocycles. The number of phenols is 1.